The van der Waals surface area contributed by atoms with Crippen LogP contribution in [0.25, 0.3) is 0 Å². The summed E-state index contributed by atoms with van der Waals surface area (Å²) in [5, 5.41) is 2.75. The first-order chi connectivity index (χ1) is 9.25. The normalized spacial score (nSPS) is 12.7. The third-order valence-corrected chi connectivity index (χ3v) is 3.29. The summed E-state index contributed by atoms with van der Waals surface area (Å²) in [5.41, 5.74) is 0.142. The molecule has 1 unspecified atom stereocenters. The number of hydrogen-bond acceptors (Lipinski definition) is 3. The summed E-state index contributed by atoms with van der Waals surface area (Å²) in [7, 11) is 0. The Morgan fingerprint density at radius 1 is 1.25 bits per heavy atom. The van der Waals surface area contributed by atoms with Crippen molar-refractivity contribution in [2.75, 3.05) is 11.9 Å². The lowest BCUT2D eigenvalue weighted by molar-refractivity contribution is -0.155. The molecule has 4 nitrogen and oxygen atoms in total. The van der Waals surface area contributed by atoms with Gasteiger partial charge in [0.05, 0.1) is 6.61 Å². The maximum Gasteiger partial charge on any atom is 0.319 e. The van der Waals surface area contributed by atoms with Crippen molar-refractivity contribution in [1.82, 2.24) is 0 Å². The molecule has 0 saturated carbocycles. The molecule has 0 fully saturated rings. The molecule has 1 amide bonds. The number of carbonyl (C=O) groups excluding carboxylic acids is 2. The van der Waals surface area contributed by atoms with Crippen LogP contribution in [0, 0.1) is 11.3 Å². The molecule has 110 valence electrons. The number of nitrogens with one attached hydrogen (secondary N) is 1. The highest BCUT2D eigenvalue weighted by Gasteiger charge is 2.38. The summed E-state index contributed by atoms with van der Waals surface area (Å²) in [4.78, 5) is 24.3. The van der Waals surface area contributed by atoms with Gasteiger partial charge < -0.3 is 10.1 Å². The van der Waals surface area contributed by atoms with E-state index in [9.17, 15) is 9.59 Å². The van der Waals surface area contributed by atoms with Gasteiger partial charge in [-0.3, -0.25) is 9.59 Å². The van der Waals surface area contributed by atoms with Crippen LogP contribution in [0.1, 0.15) is 27.7 Å². The Balaban J connectivity index is 2.88. The molecule has 0 saturated heterocycles. The third-order valence-electron chi connectivity index (χ3n) is 2.76. The van der Waals surface area contributed by atoms with Crippen LogP contribution in [0.15, 0.2) is 28.7 Å². The first kappa shape index (κ1) is 16.7. The van der Waals surface area contributed by atoms with Crippen LogP contribution in [0.5, 0.6) is 0 Å². The van der Waals surface area contributed by atoms with E-state index in [0.717, 1.165) is 4.47 Å². The fraction of sp³-hybridized carbons (Fsp3) is 0.467. The molecule has 20 heavy (non-hydrogen) atoms. The van der Waals surface area contributed by atoms with Crippen molar-refractivity contribution >= 4 is 33.5 Å². The highest BCUT2D eigenvalue weighted by molar-refractivity contribution is 9.10. The number of carbonyl (C=O) groups is 2. The molecule has 0 aliphatic carbocycles. The first-order valence-electron chi connectivity index (χ1n) is 6.48. The SMILES string of the molecule is CCOC(=O)C(C(=O)Nc1ccc(Br)cc1)C(C)(C)C. The largest absolute Gasteiger partial charge is 0.465 e. The molecule has 0 aliphatic heterocycles. The summed E-state index contributed by atoms with van der Waals surface area (Å²) < 4.78 is 5.93. The van der Waals surface area contributed by atoms with Crippen molar-refractivity contribution in [3.05, 3.63) is 28.7 Å². The van der Waals surface area contributed by atoms with Gasteiger partial charge in [-0.15, -0.1) is 0 Å². The maximum atomic E-state index is 12.3. The van der Waals surface area contributed by atoms with Crippen LogP contribution in [0.4, 0.5) is 5.69 Å². The molecule has 1 N–H and O–H groups in total. The standard InChI is InChI=1S/C15H20BrNO3/c1-5-20-14(19)12(15(2,3)4)13(18)17-11-8-6-10(16)7-9-11/h6-9,12H,5H2,1-4H3,(H,17,18). The quantitative estimate of drug-likeness (QED) is 0.672. The lowest BCUT2D eigenvalue weighted by atomic mass is 9.80. The van der Waals surface area contributed by atoms with E-state index in [1.807, 2.05) is 32.9 Å². The predicted octanol–water partition coefficient (Wildman–Crippen LogP) is 3.61. The van der Waals surface area contributed by atoms with E-state index in [0.29, 0.717) is 5.69 Å². The average molecular weight is 342 g/mol. The maximum absolute atomic E-state index is 12.3. The first-order valence-corrected chi connectivity index (χ1v) is 7.28. The van der Waals surface area contributed by atoms with Crippen molar-refractivity contribution in [3.63, 3.8) is 0 Å². The molecule has 0 heterocycles. The van der Waals surface area contributed by atoms with E-state index in [-0.39, 0.29) is 12.5 Å². The zero-order valence-electron chi connectivity index (χ0n) is 12.2. The highest BCUT2D eigenvalue weighted by atomic mass is 79.9. The van der Waals surface area contributed by atoms with E-state index >= 15 is 0 Å². The Morgan fingerprint density at radius 3 is 2.25 bits per heavy atom. The third kappa shape index (κ3) is 4.63. The molecule has 0 aliphatic rings. The number of amides is 1. The van der Waals surface area contributed by atoms with Crippen LogP contribution in [-0.4, -0.2) is 18.5 Å². The van der Waals surface area contributed by atoms with Crippen LogP contribution >= 0.6 is 15.9 Å². The molecule has 0 bridgehead atoms. The van der Waals surface area contributed by atoms with Gasteiger partial charge in [0.1, 0.15) is 5.92 Å². The monoisotopic (exact) mass is 341 g/mol. The van der Waals surface area contributed by atoms with Crippen LogP contribution in [0.3, 0.4) is 0 Å². The lowest BCUT2D eigenvalue weighted by Gasteiger charge is -2.27. The fourth-order valence-electron chi connectivity index (χ4n) is 1.83. The van der Waals surface area contributed by atoms with E-state index < -0.39 is 17.3 Å². The second kappa shape index (κ2) is 6.88. The van der Waals surface area contributed by atoms with Crippen molar-refractivity contribution in [1.29, 1.82) is 0 Å². The summed E-state index contributed by atoms with van der Waals surface area (Å²) in [6, 6.07) is 7.19. The molecular formula is C15H20BrNO3. The Labute approximate surface area is 128 Å². The molecule has 0 aromatic heterocycles. The van der Waals surface area contributed by atoms with Gasteiger partial charge in [0.2, 0.25) is 5.91 Å². The Kier molecular flexibility index (Phi) is 5.74. The Hall–Kier alpha value is -1.36. The minimum atomic E-state index is -0.842. The van der Waals surface area contributed by atoms with Crippen LogP contribution in [-0.2, 0) is 14.3 Å². The van der Waals surface area contributed by atoms with Gasteiger partial charge in [0, 0.05) is 10.2 Å². The van der Waals surface area contributed by atoms with Gasteiger partial charge in [-0.25, -0.2) is 0 Å². The fourth-order valence-corrected chi connectivity index (χ4v) is 2.09. The molecule has 1 atom stereocenters. The molecule has 1 rings (SSSR count). The smallest absolute Gasteiger partial charge is 0.319 e. The van der Waals surface area contributed by atoms with Crippen molar-refractivity contribution in [3.8, 4) is 0 Å². The second-order valence-electron chi connectivity index (χ2n) is 5.55. The van der Waals surface area contributed by atoms with Gasteiger partial charge in [0.25, 0.3) is 0 Å². The van der Waals surface area contributed by atoms with Gasteiger partial charge in [-0.2, -0.15) is 0 Å². The number of halogens is 1. The van der Waals surface area contributed by atoms with Gasteiger partial charge in [-0.05, 0) is 36.6 Å². The lowest BCUT2D eigenvalue weighted by Crippen LogP contribution is -2.40. The minimum absolute atomic E-state index is 0.261. The summed E-state index contributed by atoms with van der Waals surface area (Å²) in [6.45, 7) is 7.52. The van der Waals surface area contributed by atoms with Crippen molar-refractivity contribution in [2.45, 2.75) is 27.7 Å². The topological polar surface area (TPSA) is 55.4 Å². The molecule has 1 aromatic rings. The Morgan fingerprint density at radius 2 is 1.80 bits per heavy atom. The summed E-state index contributed by atoms with van der Waals surface area (Å²) in [5.74, 6) is -1.68. The van der Waals surface area contributed by atoms with E-state index in [1.165, 1.54) is 0 Å². The van der Waals surface area contributed by atoms with Gasteiger partial charge in [0.15, 0.2) is 0 Å². The zero-order valence-corrected chi connectivity index (χ0v) is 13.8. The predicted molar refractivity (Wildman–Crippen MR) is 82.3 cm³/mol. The molecule has 5 heteroatoms. The summed E-state index contributed by atoms with van der Waals surface area (Å²) in [6.07, 6.45) is 0. The number of hydrogen-bond donors (Lipinski definition) is 1. The number of esters is 1. The summed E-state index contributed by atoms with van der Waals surface area (Å²) >= 11 is 3.33. The van der Waals surface area contributed by atoms with E-state index in [2.05, 4.69) is 21.2 Å². The van der Waals surface area contributed by atoms with Crippen LogP contribution in [0.2, 0.25) is 0 Å². The minimum Gasteiger partial charge on any atom is -0.465 e. The molecular weight excluding hydrogens is 322 g/mol. The van der Waals surface area contributed by atoms with E-state index in [1.54, 1.807) is 19.1 Å². The number of anilines is 1. The van der Waals surface area contributed by atoms with Gasteiger partial charge >= 0.3 is 5.97 Å². The Bertz CT molecular complexity index is 477. The van der Waals surface area contributed by atoms with Crippen LogP contribution < -0.4 is 5.32 Å². The molecule has 1 aromatic carbocycles. The highest BCUT2D eigenvalue weighted by Crippen LogP contribution is 2.28. The number of benzene rings is 1. The zero-order chi connectivity index (χ0) is 15.3. The van der Waals surface area contributed by atoms with Gasteiger partial charge in [-0.1, -0.05) is 36.7 Å². The van der Waals surface area contributed by atoms with Crippen molar-refractivity contribution < 1.29 is 14.3 Å². The number of ether oxygens (including phenoxy) is 1. The number of rotatable bonds is 4. The molecule has 0 spiro atoms. The van der Waals surface area contributed by atoms with E-state index in [4.69, 9.17) is 4.74 Å². The average Bonchev–Trinajstić information content (AvgIpc) is 2.30. The van der Waals surface area contributed by atoms with Crippen molar-refractivity contribution in [2.24, 2.45) is 11.3 Å². The second-order valence-corrected chi connectivity index (χ2v) is 6.46. The molecule has 0 radical (unpaired) electrons.